The molecule has 0 saturated carbocycles. The van der Waals surface area contributed by atoms with Gasteiger partial charge in [-0.2, -0.15) is 0 Å². The fourth-order valence-corrected chi connectivity index (χ4v) is 2.82. The van der Waals surface area contributed by atoms with Crippen molar-refractivity contribution in [3.05, 3.63) is 0 Å². The average molecular weight is 386 g/mol. The van der Waals surface area contributed by atoms with Crippen LogP contribution in [0.4, 0.5) is 0 Å². The largest absolute Gasteiger partial charge is 0.481 e. The fourth-order valence-electron chi connectivity index (χ4n) is 2.82. The van der Waals surface area contributed by atoms with Gasteiger partial charge in [-0.3, -0.25) is 4.79 Å². The van der Waals surface area contributed by atoms with Gasteiger partial charge in [0.25, 0.3) is 0 Å². The van der Waals surface area contributed by atoms with Gasteiger partial charge in [-0.05, 0) is 6.42 Å². The molecule has 0 aliphatic heterocycles. The molecule has 0 bridgehead atoms. The number of carboxylic acids is 1. The van der Waals surface area contributed by atoms with Gasteiger partial charge in [0, 0.05) is 51.9 Å². The van der Waals surface area contributed by atoms with Crippen molar-refractivity contribution < 1.29 is 9.90 Å². The first-order chi connectivity index (χ1) is 10.3. The molecule has 0 saturated heterocycles. The Hall–Kier alpha value is 0.951. The molecule has 0 fully saturated rings. The second-order valence-corrected chi connectivity index (χ2v) is 6.45. The molecule has 3 heteroatoms. The van der Waals surface area contributed by atoms with Crippen molar-refractivity contribution in [2.45, 2.75) is 116 Å². The molecule has 128 valence electrons. The van der Waals surface area contributed by atoms with Crippen LogP contribution in [-0.4, -0.2) is 56.6 Å². The first kappa shape index (κ1) is 25.2. The van der Waals surface area contributed by atoms with Gasteiger partial charge in [0.1, 0.15) is 0 Å². The number of hydrogen-bond acceptors (Lipinski definition) is 1. The van der Waals surface area contributed by atoms with E-state index in [1.165, 1.54) is 89.9 Å². The molecule has 0 spiro atoms. The topological polar surface area (TPSA) is 37.3 Å². The van der Waals surface area contributed by atoms with Gasteiger partial charge in [0.05, 0.1) is 0 Å². The molecule has 0 heterocycles. The Labute approximate surface area is 176 Å². The molecule has 0 rings (SSSR count). The van der Waals surface area contributed by atoms with E-state index in [9.17, 15) is 4.79 Å². The van der Waals surface area contributed by atoms with Crippen LogP contribution in [0.5, 0.6) is 0 Å². The van der Waals surface area contributed by atoms with Gasteiger partial charge >= 0.3 is 5.97 Å². The van der Waals surface area contributed by atoms with Crippen LogP contribution in [0, 0.1) is 0 Å². The van der Waals surface area contributed by atoms with Crippen LogP contribution >= 0.6 is 0 Å². The minimum absolute atomic E-state index is 0. The van der Waals surface area contributed by atoms with Gasteiger partial charge in [-0.25, -0.2) is 0 Å². The molecule has 1 N–H and O–H groups in total. The van der Waals surface area contributed by atoms with Crippen molar-refractivity contribution in [3.8, 4) is 0 Å². The number of aliphatic carboxylic acids is 1. The number of rotatable bonds is 17. The smallest absolute Gasteiger partial charge is 0.303 e. The Bertz CT molecular complexity index is 219. The van der Waals surface area contributed by atoms with E-state index in [4.69, 9.17) is 5.11 Å². The summed E-state index contributed by atoms with van der Waals surface area (Å²) in [5.41, 5.74) is 0. The maximum atomic E-state index is 10.3. The van der Waals surface area contributed by atoms with Crippen LogP contribution < -0.4 is 0 Å². The van der Waals surface area contributed by atoms with Crippen LogP contribution in [0.25, 0.3) is 0 Å². The van der Waals surface area contributed by atoms with Crippen LogP contribution in [0.3, 0.4) is 0 Å². The molecule has 2 radical (unpaired) electrons. The first-order valence-corrected chi connectivity index (χ1v) is 9.49. The van der Waals surface area contributed by atoms with Gasteiger partial charge in [0.15, 0.2) is 0 Å². The molecular weight excluding hydrogens is 348 g/mol. The third-order valence-electron chi connectivity index (χ3n) is 4.24. The summed E-state index contributed by atoms with van der Waals surface area (Å²) in [6.45, 7) is 2.27. The van der Waals surface area contributed by atoms with Gasteiger partial charge in [0.2, 0.25) is 0 Å². The SMILES string of the molecule is CCCCCCCCCCCCCCCCCCC(=O)O.[Sr]. The summed E-state index contributed by atoms with van der Waals surface area (Å²) < 4.78 is 0. The third-order valence-corrected chi connectivity index (χ3v) is 4.24. The van der Waals surface area contributed by atoms with Crippen LogP contribution in [-0.2, 0) is 4.79 Å². The van der Waals surface area contributed by atoms with E-state index in [0.717, 1.165) is 12.8 Å². The van der Waals surface area contributed by atoms with Crippen molar-refractivity contribution in [1.82, 2.24) is 0 Å². The summed E-state index contributed by atoms with van der Waals surface area (Å²) in [4.78, 5) is 10.3. The minimum atomic E-state index is -0.652. The molecule has 0 aromatic carbocycles. The molecule has 0 aliphatic rings. The number of hydrogen-bond donors (Lipinski definition) is 1. The molecule has 2 nitrogen and oxygen atoms in total. The number of carbonyl (C=O) groups is 1. The predicted octanol–water partition coefficient (Wildman–Crippen LogP) is 6.34. The van der Waals surface area contributed by atoms with Crippen molar-refractivity contribution in [2.24, 2.45) is 0 Å². The van der Waals surface area contributed by atoms with Crippen LogP contribution in [0.2, 0.25) is 0 Å². The summed E-state index contributed by atoms with van der Waals surface area (Å²) in [5.74, 6) is -0.652. The monoisotopic (exact) mass is 386 g/mol. The first-order valence-electron chi connectivity index (χ1n) is 9.49. The molecule has 0 atom stereocenters. The predicted molar refractivity (Wildman–Crippen MR) is 97.6 cm³/mol. The normalized spacial score (nSPS) is 10.4. The average Bonchev–Trinajstić information content (AvgIpc) is 2.46. The summed E-state index contributed by atoms with van der Waals surface area (Å²) in [6.07, 6.45) is 21.7. The molecule has 0 aromatic heterocycles. The van der Waals surface area contributed by atoms with E-state index in [1.807, 2.05) is 0 Å². The van der Waals surface area contributed by atoms with E-state index < -0.39 is 5.97 Å². The van der Waals surface area contributed by atoms with Gasteiger partial charge in [-0.1, -0.05) is 103 Å². The zero-order chi connectivity index (χ0) is 15.6. The van der Waals surface area contributed by atoms with Gasteiger partial charge in [-0.15, -0.1) is 0 Å². The Morgan fingerprint density at radius 2 is 0.864 bits per heavy atom. The maximum Gasteiger partial charge on any atom is 0.303 e. The quantitative estimate of drug-likeness (QED) is 0.234. The van der Waals surface area contributed by atoms with E-state index in [0.29, 0.717) is 6.42 Å². The molecule has 0 aliphatic carbocycles. The Balaban J connectivity index is 0. The van der Waals surface area contributed by atoms with E-state index in [2.05, 4.69) is 6.92 Å². The summed E-state index contributed by atoms with van der Waals surface area (Å²) in [5, 5.41) is 8.53. The third kappa shape index (κ3) is 23.2. The van der Waals surface area contributed by atoms with Crippen LogP contribution in [0.1, 0.15) is 116 Å². The fraction of sp³-hybridized carbons (Fsp3) is 0.947. The van der Waals surface area contributed by atoms with E-state index in [1.54, 1.807) is 0 Å². The van der Waals surface area contributed by atoms with E-state index >= 15 is 0 Å². The van der Waals surface area contributed by atoms with Crippen molar-refractivity contribution in [1.29, 1.82) is 0 Å². The summed E-state index contributed by atoms with van der Waals surface area (Å²) >= 11 is 0. The van der Waals surface area contributed by atoms with Crippen molar-refractivity contribution in [3.63, 3.8) is 0 Å². The van der Waals surface area contributed by atoms with Gasteiger partial charge < -0.3 is 5.11 Å². The van der Waals surface area contributed by atoms with Crippen molar-refractivity contribution in [2.75, 3.05) is 0 Å². The Morgan fingerprint density at radius 3 is 1.14 bits per heavy atom. The zero-order valence-corrected chi connectivity index (χ0v) is 18.6. The minimum Gasteiger partial charge on any atom is -0.481 e. The number of unbranched alkanes of at least 4 members (excludes halogenated alkanes) is 15. The molecular formula is C19H38O2Sr. The molecule has 22 heavy (non-hydrogen) atoms. The maximum absolute atomic E-state index is 10.3. The second kappa shape index (κ2) is 22.0. The summed E-state index contributed by atoms with van der Waals surface area (Å²) in [6, 6.07) is 0. The Kier molecular flexibility index (Phi) is 25.1. The molecule has 0 amide bonds. The van der Waals surface area contributed by atoms with Crippen molar-refractivity contribution >= 4 is 51.5 Å². The molecule has 0 unspecified atom stereocenters. The molecule has 0 aromatic rings. The Morgan fingerprint density at radius 1 is 0.591 bits per heavy atom. The van der Waals surface area contributed by atoms with E-state index in [-0.39, 0.29) is 45.5 Å². The summed E-state index contributed by atoms with van der Waals surface area (Å²) in [7, 11) is 0. The number of carboxylic acid groups (broad SMARTS) is 1. The van der Waals surface area contributed by atoms with Crippen LogP contribution in [0.15, 0.2) is 0 Å². The second-order valence-electron chi connectivity index (χ2n) is 6.45. The standard InChI is InChI=1S/C19H38O2.Sr/c1-2-3-4-5-6-7-8-9-10-11-12-13-14-15-16-17-18-19(20)21;/h2-18H2,1H3,(H,20,21);. The zero-order valence-electron chi connectivity index (χ0n) is 15.1.